The highest BCUT2D eigenvalue weighted by Gasteiger charge is 2.62. The SMILES string of the molecule is CC(F)(C(F)F)S(=O)(=O)C(F)(F)F.CC=CC(F)(F)F. The minimum absolute atomic E-state index is 0.188. The van der Waals surface area contributed by atoms with Gasteiger partial charge in [0.2, 0.25) is 0 Å². The molecule has 0 saturated heterocycles. The van der Waals surface area contributed by atoms with Crippen LogP contribution in [0.2, 0.25) is 0 Å². The van der Waals surface area contributed by atoms with Gasteiger partial charge in [-0.1, -0.05) is 6.08 Å². The van der Waals surface area contributed by atoms with E-state index in [2.05, 4.69) is 0 Å². The highest BCUT2D eigenvalue weighted by atomic mass is 32.2. The normalized spacial score (nSPS) is 16.8. The number of sulfone groups is 1. The van der Waals surface area contributed by atoms with Crippen LogP contribution in [0.15, 0.2) is 12.2 Å². The summed E-state index contributed by atoms with van der Waals surface area (Å²) in [6.45, 7) is 0.994. The fraction of sp³-hybridized carbons (Fsp3) is 0.750. The Labute approximate surface area is 108 Å². The van der Waals surface area contributed by atoms with Crippen LogP contribution in [0.4, 0.5) is 39.5 Å². The summed E-state index contributed by atoms with van der Waals surface area (Å²) < 4.78 is 123. The summed E-state index contributed by atoms with van der Waals surface area (Å²) in [6, 6.07) is 0. The van der Waals surface area contributed by atoms with Crippen molar-refractivity contribution in [1.29, 1.82) is 0 Å². The zero-order valence-electron chi connectivity index (χ0n) is 9.86. The van der Waals surface area contributed by atoms with E-state index >= 15 is 0 Å². The van der Waals surface area contributed by atoms with E-state index in [1.807, 2.05) is 0 Å². The van der Waals surface area contributed by atoms with Crippen molar-refractivity contribution in [3.05, 3.63) is 12.2 Å². The molecule has 0 fully saturated rings. The lowest BCUT2D eigenvalue weighted by molar-refractivity contribution is -0.0799. The Morgan fingerprint density at radius 1 is 0.950 bits per heavy atom. The van der Waals surface area contributed by atoms with Gasteiger partial charge in [0.25, 0.3) is 21.3 Å². The molecular weight excluding hydrogens is 331 g/mol. The van der Waals surface area contributed by atoms with E-state index in [0.717, 1.165) is 6.08 Å². The Balaban J connectivity index is 0. The van der Waals surface area contributed by atoms with Crippen molar-refractivity contribution < 1.29 is 47.9 Å². The largest absolute Gasteiger partial charge is 0.500 e. The topological polar surface area (TPSA) is 34.1 Å². The maximum absolute atomic E-state index is 12.4. The maximum Gasteiger partial charge on any atom is 0.500 e. The molecule has 0 aliphatic carbocycles. The van der Waals surface area contributed by atoms with Gasteiger partial charge in [-0.15, -0.1) is 0 Å². The van der Waals surface area contributed by atoms with E-state index in [1.165, 1.54) is 6.92 Å². The molecular formula is C8H9F9O2S. The minimum atomic E-state index is -6.49. The van der Waals surface area contributed by atoms with Crippen LogP contribution >= 0.6 is 0 Å². The molecule has 0 aliphatic heterocycles. The van der Waals surface area contributed by atoms with Crippen LogP contribution in [0, 0.1) is 0 Å². The van der Waals surface area contributed by atoms with Gasteiger partial charge in [-0.2, -0.15) is 26.3 Å². The Morgan fingerprint density at radius 2 is 1.30 bits per heavy atom. The number of rotatable bonds is 2. The van der Waals surface area contributed by atoms with E-state index in [-0.39, 0.29) is 13.0 Å². The molecule has 0 aromatic heterocycles. The van der Waals surface area contributed by atoms with Crippen molar-refractivity contribution in [3.63, 3.8) is 0 Å². The maximum atomic E-state index is 12.4. The summed E-state index contributed by atoms with van der Waals surface area (Å²) in [5.41, 5.74) is -6.02. The predicted molar refractivity (Wildman–Crippen MR) is 51.4 cm³/mol. The second-order valence-electron chi connectivity index (χ2n) is 3.28. The van der Waals surface area contributed by atoms with Gasteiger partial charge in [0.1, 0.15) is 0 Å². The van der Waals surface area contributed by atoms with Crippen molar-refractivity contribution in [2.24, 2.45) is 0 Å². The van der Waals surface area contributed by atoms with Gasteiger partial charge in [-0.25, -0.2) is 21.6 Å². The second-order valence-corrected chi connectivity index (χ2v) is 5.55. The molecule has 0 N–H and O–H groups in total. The average Bonchev–Trinajstić information content (AvgIpc) is 2.14. The molecule has 0 aromatic carbocycles. The summed E-state index contributed by atoms with van der Waals surface area (Å²) in [6.07, 6.45) is -7.24. The van der Waals surface area contributed by atoms with E-state index in [0.29, 0.717) is 0 Å². The molecule has 0 spiro atoms. The smallest absolute Gasteiger partial charge is 0.220 e. The number of hydrogen-bond acceptors (Lipinski definition) is 2. The van der Waals surface area contributed by atoms with Crippen molar-refractivity contribution in [2.75, 3.05) is 0 Å². The van der Waals surface area contributed by atoms with Gasteiger partial charge in [0.15, 0.2) is 0 Å². The van der Waals surface area contributed by atoms with Gasteiger partial charge in [0.05, 0.1) is 0 Å². The molecule has 1 unspecified atom stereocenters. The summed E-state index contributed by atoms with van der Waals surface area (Å²) in [7, 11) is -6.49. The van der Waals surface area contributed by atoms with Crippen LogP contribution < -0.4 is 0 Å². The molecule has 0 saturated carbocycles. The zero-order valence-corrected chi connectivity index (χ0v) is 10.7. The van der Waals surface area contributed by atoms with E-state index < -0.39 is 32.9 Å². The van der Waals surface area contributed by atoms with Crippen LogP contribution in [-0.4, -0.2) is 31.5 Å². The summed E-state index contributed by atoms with van der Waals surface area (Å²) >= 11 is 0. The molecule has 122 valence electrons. The van der Waals surface area contributed by atoms with Gasteiger partial charge in [0, 0.05) is 6.08 Å². The average molecular weight is 340 g/mol. The molecule has 0 aliphatic rings. The number of hydrogen-bond donors (Lipinski definition) is 0. The van der Waals surface area contributed by atoms with E-state index in [1.54, 1.807) is 0 Å². The lowest BCUT2D eigenvalue weighted by Crippen LogP contribution is -2.45. The quantitative estimate of drug-likeness (QED) is 0.563. The molecule has 20 heavy (non-hydrogen) atoms. The summed E-state index contributed by atoms with van der Waals surface area (Å²) in [5, 5.41) is -4.61. The molecule has 0 amide bonds. The molecule has 2 nitrogen and oxygen atoms in total. The lowest BCUT2D eigenvalue weighted by Gasteiger charge is -2.20. The van der Waals surface area contributed by atoms with Crippen LogP contribution in [-0.2, 0) is 9.84 Å². The molecule has 1 atom stereocenters. The number of halogens is 9. The third-order valence-electron chi connectivity index (χ3n) is 1.58. The molecule has 0 radical (unpaired) electrons. The van der Waals surface area contributed by atoms with Crippen molar-refractivity contribution >= 4 is 9.84 Å². The van der Waals surface area contributed by atoms with Crippen LogP contribution in [0.5, 0.6) is 0 Å². The Kier molecular flexibility index (Phi) is 7.13. The van der Waals surface area contributed by atoms with Gasteiger partial charge >= 0.3 is 11.7 Å². The van der Waals surface area contributed by atoms with Crippen LogP contribution in [0.3, 0.4) is 0 Å². The molecule has 0 bridgehead atoms. The lowest BCUT2D eigenvalue weighted by atomic mass is 10.5. The first-order valence-corrected chi connectivity index (χ1v) is 5.97. The van der Waals surface area contributed by atoms with Gasteiger partial charge in [-0.3, -0.25) is 0 Å². The standard InChI is InChI=1S/C4H4F6O2S.C4H5F3/c1-3(7,2(5)6)13(11,12)4(8,9)10;1-2-3-4(5,6)7/h2H,1H3;2-3H,1H3. The third-order valence-corrected chi connectivity index (χ3v) is 3.41. The van der Waals surface area contributed by atoms with Gasteiger partial charge < -0.3 is 0 Å². The fourth-order valence-electron chi connectivity index (χ4n) is 0.533. The van der Waals surface area contributed by atoms with E-state index in [9.17, 15) is 47.9 Å². The predicted octanol–water partition coefficient (Wildman–Crippen LogP) is 4.00. The van der Waals surface area contributed by atoms with Crippen molar-refractivity contribution in [2.45, 2.75) is 37.0 Å². The van der Waals surface area contributed by atoms with Gasteiger partial charge in [-0.05, 0) is 13.8 Å². The molecule has 0 aromatic rings. The Hall–Kier alpha value is -0.940. The van der Waals surface area contributed by atoms with E-state index in [4.69, 9.17) is 0 Å². The Morgan fingerprint density at radius 3 is 1.35 bits per heavy atom. The zero-order chi connectivity index (χ0) is 17.0. The molecule has 0 heterocycles. The Bertz CT molecular complexity index is 416. The summed E-state index contributed by atoms with van der Waals surface area (Å²) in [5.74, 6) is 0. The molecule has 12 heteroatoms. The summed E-state index contributed by atoms with van der Waals surface area (Å²) in [4.78, 5) is 0. The first-order chi connectivity index (χ1) is 8.50. The second kappa shape index (κ2) is 6.68. The van der Waals surface area contributed by atoms with Crippen molar-refractivity contribution in [3.8, 4) is 0 Å². The highest BCUT2D eigenvalue weighted by Crippen LogP contribution is 2.38. The van der Waals surface area contributed by atoms with Crippen LogP contribution in [0.25, 0.3) is 0 Å². The monoisotopic (exact) mass is 340 g/mol. The number of allylic oxidation sites excluding steroid dienone is 2. The first kappa shape index (κ1) is 21.4. The fourth-order valence-corrected chi connectivity index (χ4v) is 1.22. The number of alkyl halides is 9. The van der Waals surface area contributed by atoms with Crippen molar-refractivity contribution in [1.82, 2.24) is 0 Å². The molecule has 0 rings (SSSR count). The van der Waals surface area contributed by atoms with Crippen LogP contribution in [0.1, 0.15) is 13.8 Å². The first-order valence-electron chi connectivity index (χ1n) is 4.49. The minimum Gasteiger partial charge on any atom is -0.220 e. The highest BCUT2D eigenvalue weighted by molar-refractivity contribution is 7.93. The third kappa shape index (κ3) is 6.01.